The third-order valence-electron chi connectivity index (χ3n) is 16.4. The van der Waals surface area contributed by atoms with Crippen molar-refractivity contribution in [3.05, 3.63) is 24.3 Å². The molecule has 0 radical (unpaired) electrons. The van der Waals surface area contributed by atoms with Crippen LogP contribution in [0.25, 0.3) is 0 Å². The van der Waals surface area contributed by atoms with Gasteiger partial charge in [0.1, 0.15) is 13.2 Å². The number of carbonyl (C=O) groups excluding carboxylic acids is 3. The van der Waals surface area contributed by atoms with Gasteiger partial charge in [-0.1, -0.05) is 347 Å². The second kappa shape index (κ2) is 68.4. The fourth-order valence-corrected chi connectivity index (χ4v) is 11.0. The maximum absolute atomic E-state index is 12.9. The fourth-order valence-electron chi connectivity index (χ4n) is 11.0. The van der Waals surface area contributed by atoms with Crippen molar-refractivity contribution >= 4 is 17.9 Å². The van der Waals surface area contributed by atoms with Crippen LogP contribution < -0.4 is 0 Å². The molecule has 0 aliphatic carbocycles. The Labute approximate surface area is 493 Å². The van der Waals surface area contributed by atoms with E-state index in [1.165, 1.54) is 302 Å². The molecule has 0 aliphatic heterocycles. The maximum Gasteiger partial charge on any atom is 0.306 e. The predicted octanol–water partition coefficient (Wildman–Crippen LogP) is 24.6. The van der Waals surface area contributed by atoms with Crippen LogP contribution in [0.1, 0.15) is 406 Å². The fraction of sp³-hybridized carbons (Fsp3) is 0.904. The first-order chi connectivity index (χ1) is 39.0. The Morgan fingerprint density at radius 1 is 0.241 bits per heavy atom. The van der Waals surface area contributed by atoms with Crippen LogP contribution in [0.5, 0.6) is 0 Å². The van der Waals surface area contributed by atoms with E-state index in [9.17, 15) is 14.4 Å². The van der Waals surface area contributed by atoms with E-state index in [1.54, 1.807) is 0 Å². The van der Waals surface area contributed by atoms with Crippen LogP contribution >= 0.6 is 0 Å². The number of hydrogen-bond donors (Lipinski definition) is 0. The quantitative estimate of drug-likeness (QED) is 0.0261. The third kappa shape index (κ3) is 66.6. The molecule has 0 aliphatic rings. The first-order valence-corrected chi connectivity index (χ1v) is 35.8. The van der Waals surface area contributed by atoms with E-state index in [0.717, 1.165) is 64.2 Å². The molecule has 1 atom stereocenters. The largest absolute Gasteiger partial charge is 0.462 e. The van der Waals surface area contributed by atoms with Gasteiger partial charge in [-0.05, 0) is 64.2 Å². The van der Waals surface area contributed by atoms with E-state index in [2.05, 4.69) is 45.1 Å². The smallest absolute Gasteiger partial charge is 0.306 e. The molecule has 466 valence electrons. The molecule has 1 unspecified atom stereocenters. The molecule has 0 bridgehead atoms. The average Bonchev–Trinajstić information content (AvgIpc) is 3.45. The van der Waals surface area contributed by atoms with E-state index >= 15 is 0 Å². The summed E-state index contributed by atoms with van der Waals surface area (Å²) in [6.07, 6.45) is 83.7. The van der Waals surface area contributed by atoms with E-state index in [4.69, 9.17) is 14.2 Å². The SMILES string of the molecule is CCCC/C=C\CCCCCCCC(=O)OCC(COC(=O)CCCCCCCCCCCCCCCCCCCCC/C=C\CCCCCCCCCC)OC(=O)CCCCCCCCCCCCCCCCCCCCC. The van der Waals surface area contributed by atoms with Crippen molar-refractivity contribution in [2.45, 2.75) is 412 Å². The van der Waals surface area contributed by atoms with Gasteiger partial charge in [-0.3, -0.25) is 14.4 Å². The molecular formula is C73H138O6. The molecule has 0 saturated heterocycles. The van der Waals surface area contributed by atoms with Crippen molar-refractivity contribution in [3.8, 4) is 0 Å². The summed E-state index contributed by atoms with van der Waals surface area (Å²) in [5.74, 6) is -0.847. The third-order valence-corrected chi connectivity index (χ3v) is 16.4. The molecule has 0 N–H and O–H groups in total. The summed E-state index contributed by atoms with van der Waals surface area (Å²) in [7, 11) is 0. The highest BCUT2D eigenvalue weighted by Gasteiger charge is 2.19. The summed E-state index contributed by atoms with van der Waals surface area (Å²) in [4.78, 5) is 38.3. The highest BCUT2D eigenvalue weighted by molar-refractivity contribution is 5.71. The first kappa shape index (κ1) is 76.9. The number of ether oxygens (including phenoxy) is 3. The van der Waals surface area contributed by atoms with Crippen LogP contribution in [0.15, 0.2) is 24.3 Å². The number of unbranched alkanes of at least 4 members (excludes halogenated alkanes) is 52. The van der Waals surface area contributed by atoms with Gasteiger partial charge in [-0.15, -0.1) is 0 Å². The van der Waals surface area contributed by atoms with Gasteiger partial charge in [0.15, 0.2) is 6.10 Å². The lowest BCUT2D eigenvalue weighted by atomic mass is 10.0. The van der Waals surface area contributed by atoms with E-state index in [1.807, 2.05) is 0 Å². The Kier molecular flexibility index (Phi) is 66.6. The molecule has 6 heteroatoms. The highest BCUT2D eigenvalue weighted by atomic mass is 16.6. The van der Waals surface area contributed by atoms with Gasteiger partial charge in [-0.25, -0.2) is 0 Å². The Bertz CT molecular complexity index is 1270. The van der Waals surface area contributed by atoms with Crippen molar-refractivity contribution in [1.82, 2.24) is 0 Å². The van der Waals surface area contributed by atoms with Gasteiger partial charge in [0.2, 0.25) is 0 Å². The molecule has 6 nitrogen and oxygen atoms in total. The van der Waals surface area contributed by atoms with Crippen LogP contribution in [0.2, 0.25) is 0 Å². The lowest BCUT2D eigenvalue weighted by Crippen LogP contribution is -2.30. The molecule has 0 amide bonds. The number of allylic oxidation sites excluding steroid dienone is 4. The van der Waals surface area contributed by atoms with Gasteiger partial charge in [0, 0.05) is 19.3 Å². The number of esters is 3. The molecule has 0 spiro atoms. The maximum atomic E-state index is 12.9. The minimum Gasteiger partial charge on any atom is -0.462 e. The Hall–Kier alpha value is -2.11. The molecule has 0 saturated carbocycles. The van der Waals surface area contributed by atoms with Gasteiger partial charge in [0.05, 0.1) is 0 Å². The lowest BCUT2D eigenvalue weighted by Gasteiger charge is -2.18. The summed E-state index contributed by atoms with van der Waals surface area (Å²) in [5, 5.41) is 0. The molecule has 0 aromatic rings. The van der Waals surface area contributed by atoms with Gasteiger partial charge < -0.3 is 14.2 Å². The van der Waals surface area contributed by atoms with E-state index in [0.29, 0.717) is 19.3 Å². The zero-order valence-corrected chi connectivity index (χ0v) is 53.7. The first-order valence-electron chi connectivity index (χ1n) is 35.8. The van der Waals surface area contributed by atoms with Crippen LogP contribution in [0.3, 0.4) is 0 Å². The molecule has 0 heterocycles. The minimum atomic E-state index is -0.770. The molecular weight excluding hydrogens is 973 g/mol. The van der Waals surface area contributed by atoms with Crippen LogP contribution in [-0.2, 0) is 28.6 Å². The zero-order chi connectivity index (χ0) is 57.1. The molecule has 0 fully saturated rings. The zero-order valence-electron chi connectivity index (χ0n) is 53.7. The minimum absolute atomic E-state index is 0.0675. The van der Waals surface area contributed by atoms with Gasteiger partial charge in [0.25, 0.3) is 0 Å². The summed E-state index contributed by atoms with van der Waals surface area (Å²) < 4.78 is 17.0. The van der Waals surface area contributed by atoms with Gasteiger partial charge in [-0.2, -0.15) is 0 Å². The van der Waals surface area contributed by atoms with Crippen molar-refractivity contribution in [2.24, 2.45) is 0 Å². The predicted molar refractivity (Wildman–Crippen MR) is 344 cm³/mol. The van der Waals surface area contributed by atoms with E-state index < -0.39 is 6.10 Å². The van der Waals surface area contributed by atoms with Crippen molar-refractivity contribution in [2.75, 3.05) is 13.2 Å². The van der Waals surface area contributed by atoms with Crippen LogP contribution in [-0.4, -0.2) is 37.2 Å². The van der Waals surface area contributed by atoms with Crippen LogP contribution in [0.4, 0.5) is 0 Å². The van der Waals surface area contributed by atoms with Crippen molar-refractivity contribution in [1.29, 1.82) is 0 Å². The molecule has 0 aromatic carbocycles. The average molecular weight is 1110 g/mol. The molecule has 79 heavy (non-hydrogen) atoms. The lowest BCUT2D eigenvalue weighted by molar-refractivity contribution is -0.167. The molecule has 0 rings (SSSR count). The summed E-state index contributed by atoms with van der Waals surface area (Å²) in [6.45, 7) is 6.67. The number of carbonyl (C=O) groups is 3. The summed E-state index contributed by atoms with van der Waals surface area (Å²) in [6, 6.07) is 0. The Morgan fingerprint density at radius 3 is 0.671 bits per heavy atom. The topological polar surface area (TPSA) is 78.9 Å². The normalized spacial score (nSPS) is 12.1. The Balaban J connectivity index is 4.09. The summed E-state index contributed by atoms with van der Waals surface area (Å²) in [5.41, 5.74) is 0. The second-order valence-corrected chi connectivity index (χ2v) is 24.5. The number of rotatable bonds is 67. The van der Waals surface area contributed by atoms with E-state index in [-0.39, 0.29) is 31.1 Å². The van der Waals surface area contributed by atoms with Crippen LogP contribution in [0, 0.1) is 0 Å². The standard InChI is InChI=1S/C73H138O6/c1-4-7-10-13-16-19-22-24-26-28-30-31-32-33-34-35-36-37-38-39-40-41-43-44-46-48-51-54-57-60-63-66-72(75)78-69-70(68-77-71(74)65-62-59-56-53-50-21-18-15-12-9-6-3)79-73(76)67-64-61-58-55-52-49-47-45-42-29-27-25-23-20-17-14-11-8-5-2/h15,18,28,30,70H,4-14,16-17,19-27,29,31-69H2,1-3H3/b18-15-,30-28-. The summed E-state index contributed by atoms with van der Waals surface area (Å²) >= 11 is 0. The number of hydrogen-bond acceptors (Lipinski definition) is 6. The van der Waals surface area contributed by atoms with Gasteiger partial charge >= 0.3 is 17.9 Å². The second-order valence-electron chi connectivity index (χ2n) is 24.5. The molecule has 0 aromatic heterocycles. The Morgan fingerprint density at radius 2 is 0.430 bits per heavy atom. The highest BCUT2D eigenvalue weighted by Crippen LogP contribution is 2.19. The van der Waals surface area contributed by atoms with Crippen molar-refractivity contribution < 1.29 is 28.6 Å². The van der Waals surface area contributed by atoms with Crippen molar-refractivity contribution in [3.63, 3.8) is 0 Å². The monoisotopic (exact) mass is 1110 g/mol.